The molecular formula is C33H40N6O5S. The lowest BCUT2D eigenvalue weighted by atomic mass is 9.78. The van der Waals surface area contributed by atoms with E-state index < -0.39 is 15.4 Å². The number of likely N-dealkylation sites (N-methyl/N-ethyl adjacent to an activating group) is 1. The van der Waals surface area contributed by atoms with Gasteiger partial charge < -0.3 is 15.0 Å². The summed E-state index contributed by atoms with van der Waals surface area (Å²) in [4.78, 5) is 39.9. The van der Waals surface area contributed by atoms with Gasteiger partial charge in [0.15, 0.2) is 0 Å². The number of rotatable bonds is 3. The topological polar surface area (TPSA) is 134 Å². The molecule has 11 nitrogen and oxygen atoms in total. The second-order valence-corrected chi connectivity index (χ2v) is 14.1. The highest BCUT2D eigenvalue weighted by molar-refractivity contribution is 7.92. The zero-order chi connectivity index (χ0) is 31.8. The minimum absolute atomic E-state index is 0.0668. The molecule has 238 valence electrons. The fourth-order valence-electron chi connectivity index (χ4n) is 6.74. The molecule has 1 unspecified atom stereocenters. The number of hydrogen-bond acceptors (Lipinski definition) is 8. The SMILES string of the molecule is CCN1CCCC1C(=O)N1CCC2(CC1)CNC(=O)c1cccc(c1)S(=O)(=O)Nc1nc(cc(-c3c(C)cccc3C)n1)OC2. The summed E-state index contributed by atoms with van der Waals surface area (Å²) in [7, 11) is -4.12. The van der Waals surface area contributed by atoms with Crippen molar-refractivity contribution < 1.29 is 22.7 Å². The standard InChI is InChI=1S/C33H40N6O5S/c1-4-38-15-7-12-27(38)31(41)39-16-13-33(14-17-39)20-34-30(40)24-10-6-11-25(18-24)45(42,43)37-32-35-26(19-28(36-32)44-21-33)29-22(2)8-5-9-23(29)3/h5-6,8-11,18-19,27H,4,7,12-17,20-21H2,1-3H3,(H,34,40)(H,35,36,37). The molecule has 2 aromatic carbocycles. The van der Waals surface area contributed by atoms with Gasteiger partial charge in [0.25, 0.3) is 15.9 Å². The summed E-state index contributed by atoms with van der Waals surface area (Å²) in [5.74, 6) is -0.0973. The van der Waals surface area contributed by atoms with E-state index in [0.717, 1.165) is 42.6 Å². The first-order chi connectivity index (χ1) is 21.6. The van der Waals surface area contributed by atoms with Gasteiger partial charge in [-0.3, -0.25) is 14.5 Å². The molecule has 2 N–H and O–H groups in total. The van der Waals surface area contributed by atoms with E-state index in [0.29, 0.717) is 38.2 Å². The van der Waals surface area contributed by atoms with Crippen LogP contribution in [0.5, 0.6) is 5.88 Å². The van der Waals surface area contributed by atoms with E-state index >= 15 is 0 Å². The molecule has 2 saturated heterocycles. The number of likely N-dealkylation sites (tertiary alicyclic amines) is 2. The third kappa shape index (κ3) is 6.39. The smallest absolute Gasteiger partial charge is 0.264 e. The fraction of sp³-hybridized carbons (Fsp3) is 0.455. The van der Waals surface area contributed by atoms with Crippen LogP contribution in [-0.4, -0.2) is 85.4 Å². The minimum Gasteiger partial charge on any atom is -0.477 e. The molecule has 1 atom stereocenters. The lowest BCUT2D eigenvalue weighted by Crippen LogP contribution is -2.53. The van der Waals surface area contributed by atoms with Crippen LogP contribution < -0.4 is 14.8 Å². The Morgan fingerprint density at radius 3 is 2.51 bits per heavy atom. The Morgan fingerprint density at radius 2 is 1.78 bits per heavy atom. The van der Waals surface area contributed by atoms with Gasteiger partial charge in [0.2, 0.25) is 17.7 Å². The summed E-state index contributed by atoms with van der Waals surface area (Å²) in [6.45, 7) is 9.49. The van der Waals surface area contributed by atoms with Gasteiger partial charge in [-0.05, 0) is 81.9 Å². The molecule has 0 saturated carbocycles. The van der Waals surface area contributed by atoms with Gasteiger partial charge in [-0.15, -0.1) is 0 Å². The first-order valence-corrected chi connectivity index (χ1v) is 17.1. The number of sulfonamides is 1. The van der Waals surface area contributed by atoms with E-state index in [1.54, 1.807) is 18.2 Å². The van der Waals surface area contributed by atoms with Crippen LogP contribution in [0.3, 0.4) is 0 Å². The summed E-state index contributed by atoms with van der Waals surface area (Å²) >= 11 is 0. The van der Waals surface area contributed by atoms with E-state index in [2.05, 4.69) is 31.8 Å². The van der Waals surface area contributed by atoms with Gasteiger partial charge in [-0.25, -0.2) is 18.1 Å². The number of piperidine rings is 1. The molecule has 6 rings (SSSR count). The molecule has 2 amide bonds. The lowest BCUT2D eigenvalue weighted by Gasteiger charge is -2.42. The van der Waals surface area contributed by atoms with Gasteiger partial charge in [0, 0.05) is 42.2 Å². The Labute approximate surface area is 264 Å². The van der Waals surface area contributed by atoms with Crippen molar-refractivity contribution in [2.45, 2.75) is 57.4 Å². The summed E-state index contributed by atoms with van der Waals surface area (Å²) in [6.07, 6.45) is 3.18. The number of benzene rings is 2. The van der Waals surface area contributed by atoms with Crippen molar-refractivity contribution in [3.63, 3.8) is 0 Å². The third-order valence-corrected chi connectivity index (χ3v) is 10.7. The van der Waals surface area contributed by atoms with E-state index in [1.165, 1.54) is 12.1 Å². The number of carbonyl (C=O) groups excluding carboxylic acids is 2. The van der Waals surface area contributed by atoms with Crippen molar-refractivity contribution in [2.24, 2.45) is 5.41 Å². The van der Waals surface area contributed by atoms with Crippen LogP contribution in [0.1, 0.15) is 54.1 Å². The number of aromatic nitrogens is 2. The molecule has 3 aliphatic rings. The molecule has 2 fully saturated rings. The molecular weight excluding hydrogens is 592 g/mol. The number of aryl methyl sites for hydroxylation is 2. The van der Waals surface area contributed by atoms with Crippen molar-refractivity contribution in [1.82, 2.24) is 25.1 Å². The number of fused-ring (bicyclic) bond motifs is 4. The second kappa shape index (κ2) is 12.4. The number of ether oxygens (including phenoxy) is 1. The Morgan fingerprint density at radius 1 is 1.04 bits per heavy atom. The van der Waals surface area contributed by atoms with Crippen LogP contribution >= 0.6 is 0 Å². The molecule has 3 aliphatic heterocycles. The number of carbonyl (C=O) groups is 2. The molecule has 0 aliphatic carbocycles. The zero-order valence-corrected chi connectivity index (χ0v) is 26.8. The molecule has 3 aromatic rings. The highest BCUT2D eigenvalue weighted by atomic mass is 32.2. The lowest BCUT2D eigenvalue weighted by molar-refractivity contribution is -0.138. The second-order valence-electron chi connectivity index (χ2n) is 12.4. The average molecular weight is 633 g/mol. The monoisotopic (exact) mass is 632 g/mol. The molecule has 1 aromatic heterocycles. The minimum atomic E-state index is -4.12. The molecule has 1 spiro atoms. The van der Waals surface area contributed by atoms with E-state index in [4.69, 9.17) is 4.74 Å². The number of anilines is 1. The van der Waals surface area contributed by atoms with Gasteiger partial charge in [-0.1, -0.05) is 31.2 Å². The molecule has 4 heterocycles. The van der Waals surface area contributed by atoms with E-state index in [-0.39, 0.29) is 46.8 Å². The molecule has 45 heavy (non-hydrogen) atoms. The Balaban J connectivity index is 1.34. The maximum absolute atomic E-state index is 13.5. The third-order valence-electron chi connectivity index (χ3n) is 9.41. The number of nitrogens with zero attached hydrogens (tertiary/aromatic N) is 4. The first kappa shape index (κ1) is 31.0. The van der Waals surface area contributed by atoms with Crippen LogP contribution in [0, 0.1) is 19.3 Å². The van der Waals surface area contributed by atoms with Crippen LogP contribution in [0.2, 0.25) is 0 Å². The first-order valence-electron chi connectivity index (χ1n) is 15.6. The number of amides is 2. The summed E-state index contributed by atoms with van der Waals surface area (Å²) in [6, 6.07) is 13.5. The average Bonchev–Trinajstić information content (AvgIpc) is 3.51. The van der Waals surface area contributed by atoms with Crippen molar-refractivity contribution in [2.75, 3.05) is 44.1 Å². The molecule has 4 bridgehead atoms. The summed E-state index contributed by atoms with van der Waals surface area (Å²) in [5, 5.41) is 3.03. The van der Waals surface area contributed by atoms with Crippen LogP contribution in [0.15, 0.2) is 53.4 Å². The Kier molecular flexibility index (Phi) is 8.53. The largest absolute Gasteiger partial charge is 0.477 e. The zero-order valence-electron chi connectivity index (χ0n) is 26.0. The van der Waals surface area contributed by atoms with E-state index in [9.17, 15) is 18.0 Å². The normalized spacial score (nSPS) is 21.4. The number of nitrogens with one attached hydrogen (secondary N) is 2. The Hall–Kier alpha value is -4.03. The Bertz CT molecular complexity index is 1700. The van der Waals surface area contributed by atoms with Gasteiger partial charge in [0.05, 0.1) is 23.2 Å². The highest BCUT2D eigenvalue weighted by Gasteiger charge is 2.40. The summed E-state index contributed by atoms with van der Waals surface area (Å²) in [5.41, 5.74) is 3.12. The van der Waals surface area contributed by atoms with Crippen LogP contribution in [0.25, 0.3) is 11.3 Å². The van der Waals surface area contributed by atoms with Gasteiger partial charge >= 0.3 is 0 Å². The molecule has 12 heteroatoms. The van der Waals surface area contributed by atoms with Crippen molar-refractivity contribution in [3.05, 3.63) is 65.2 Å². The van der Waals surface area contributed by atoms with Gasteiger partial charge in [-0.2, -0.15) is 4.98 Å². The maximum atomic E-state index is 13.5. The van der Waals surface area contributed by atoms with E-state index in [1.807, 2.05) is 36.9 Å². The van der Waals surface area contributed by atoms with Crippen LogP contribution in [-0.2, 0) is 14.8 Å². The highest BCUT2D eigenvalue weighted by Crippen LogP contribution is 2.35. The van der Waals surface area contributed by atoms with Gasteiger partial charge in [0.1, 0.15) is 0 Å². The predicted molar refractivity (Wildman–Crippen MR) is 171 cm³/mol. The fourth-order valence-corrected chi connectivity index (χ4v) is 7.73. The number of hydrogen-bond donors (Lipinski definition) is 2. The van der Waals surface area contributed by atoms with Crippen LogP contribution in [0.4, 0.5) is 5.95 Å². The maximum Gasteiger partial charge on any atom is 0.264 e. The van der Waals surface area contributed by atoms with Crippen molar-refractivity contribution >= 4 is 27.8 Å². The van der Waals surface area contributed by atoms with Crippen molar-refractivity contribution in [1.29, 1.82) is 0 Å². The summed E-state index contributed by atoms with van der Waals surface area (Å²) < 4.78 is 35.6. The predicted octanol–water partition coefficient (Wildman–Crippen LogP) is 3.78. The molecule has 0 radical (unpaired) electrons. The van der Waals surface area contributed by atoms with Crippen molar-refractivity contribution in [3.8, 4) is 17.1 Å². The quantitative estimate of drug-likeness (QED) is 0.446.